The lowest BCUT2D eigenvalue weighted by Crippen LogP contribution is -2.24. The van der Waals surface area contributed by atoms with E-state index in [1.54, 1.807) is 23.0 Å². The molecule has 0 fully saturated rings. The van der Waals surface area contributed by atoms with Gasteiger partial charge in [-0.1, -0.05) is 6.07 Å². The summed E-state index contributed by atoms with van der Waals surface area (Å²) < 4.78 is 1.69. The molecule has 2 heterocycles. The van der Waals surface area contributed by atoms with Gasteiger partial charge < -0.3 is 11.1 Å². The Hall–Kier alpha value is -2.21. The van der Waals surface area contributed by atoms with Crippen molar-refractivity contribution in [3.8, 4) is 0 Å². The molecule has 0 atom stereocenters. The molecule has 0 aliphatic rings. The second-order valence-electron chi connectivity index (χ2n) is 3.92. The van der Waals surface area contributed by atoms with Crippen molar-refractivity contribution in [1.29, 1.82) is 0 Å². The first-order valence-electron chi connectivity index (χ1n) is 5.61. The Morgan fingerprint density at radius 3 is 2.83 bits per heavy atom. The van der Waals surface area contributed by atoms with E-state index < -0.39 is 0 Å². The van der Waals surface area contributed by atoms with Crippen LogP contribution >= 0.6 is 0 Å². The third-order valence-corrected chi connectivity index (χ3v) is 2.49. The fraction of sp³-hybridized carbons (Fsp3) is 0.250. The molecule has 0 saturated heterocycles. The molecule has 2 aromatic heterocycles. The van der Waals surface area contributed by atoms with Crippen LogP contribution in [-0.2, 0) is 20.1 Å². The number of carbonyl (C=O) groups excluding carboxylic acids is 1. The number of nitrogens with zero attached hydrogens (tertiary/aromatic N) is 3. The molecule has 0 bridgehead atoms. The summed E-state index contributed by atoms with van der Waals surface area (Å²) in [4.78, 5) is 15.8. The topological polar surface area (TPSA) is 85.8 Å². The third kappa shape index (κ3) is 2.92. The van der Waals surface area contributed by atoms with Crippen molar-refractivity contribution in [3.05, 3.63) is 47.5 Å². The number of rotatable bonds is 4. The van der Waals surface area contributed by atoms with Gasteiger partial charge in [-0.05, 0) is 17.7 Å². The standard InChI is InChI=1S/C12H15N5O/c1-17-5-4-10(16-17)8-15-12(18)11-3-2-9(6-13)7-14-11/h2-5,7H,6,8,13H2,1H3,(H,15,18). The zero-order chi connectivity index (χ0) is 13.0. The van der Waals surface area contributed by atoms with Crippen LogP contribution in [0, 0.1) is 0 Å². The van der Waals surface area contributed by atoms with Crippen LogP contribution in [-0.4, -0.2) is 20.7 Å². The van der Waals surface area contributed by atoms with Gasteiger partial charge in [-0.2, -0.15) is 5.10 Å². The lowest BCUT2D eigenvalue weighted by atomic mass is 10.2. The van der Waals surface area contributed by atoms with Crippen LogP contribution < -0.4 is 11.1 Å². The number of hydrogen-bond acceptors (Lipinski definition) is 4. The van der Waals surface area contributed by atoms with Crippen LogP contribution in [0.3, 0.4) is 0 Å². The summed E-state index contributed by atoms with van der Waals surface area (Å²) in [5.74, 6) is -0.218. The Labute approximate surface area is 105 Å². The van der Waals surface area contributed by atoms with Gasteiger partial charge in [0.05, 0.1) is 12.2 Å². The van der Waals surface area contributed by atoms with Crippen LogP contribution in [0.15, 0.2) is 30.6 Å². The second-order valence-corrected chi connectivity index (χ2v) is 3.92. The Kier molecular flexibility index (Phi) is 3.69. The maximum atomic E-state index is 11.8. The average molecular weight is 245 g/mol. The van der Waals surface area contributed by atoms with Crippen molar-refractivity contribution in [1.82, 2.24) is 20.1 Å². The van der Waals surface area contributed by atoms with E-state index in [2.05, 4.69) is 15.4 Å². The summed E-state index contributed by atoms with van der Waals surface area (Å²) in [5.41, 5.74) is 7.55. The summed E-state index contributed by atoms with van der Waals surface area (Å²) in [6.45, 7) is 0.808. The molecule has 6 heteroatoms. The molecule has 0 aromatic carbocycles. The predicted octanol–water partition coefficient (Wildman–Crippen LogP) is 0.204. The van der Waals surface area contributed by atoms with Crippen LogP contribution in [0.2, 0.25) is 0 Å². The molecule has 0 saturated carbocycles. The van der Waals surface area contributed by atoms with Gasteiger partial charge in [0.25, 0.3) is 5.91 Å². The monoisotopic (exact) mass is 245 g/mol. The number of aromatic nitrogens is 3. The first-order valence-corrected chi connectivity index (χ1v) is 5.61. The Morgan fingerprint density at radius 1 is 1.44 bits per heavy atom. The molecule has 1 amide bonds. The van der Waals surface area contributed by atoms with E-state index in [4.69, 9.17) is 5.73 Å². The summed E-state index contributed by atoms with van der Waals surface area (Å²) in [5, 5.41) is 6.93. The van der Waals surface area contributed by atoms with Gasteiger partial charge in [-0.25, -0.2) is 0 Å². The number of carbonyl (C=O) groups is 1. The highest BCUT2D eigenvalue weighted by molar-refractivity contribution is 5.92. The first kappa shape index (κ1) is 12.3. The smallest absolute Gasteiger partial charge is 0.270 e. The Balaban J connectivity index is 1.94. The third-order valence-electron chi connectivity index (χ3n) is 2.49. The number of nitrogens with one attached hydrogen (secondary N) is 1. The minimum Gasteiger partial charge on any atom is -0.345 e. The van der Waals surface area contributed by atoms with Crippen molar-refractivity contribution in [2.75, 3.05) is 0 Å². The van der Waals surface area contributed by atoms with Crippen molar-refractivity contribution in [2.45, 2.75) is 13.1 Å². The lowest BCUT2D eigenvalue weighted by Gasteiger charge is -2.03. The molecule has 0 unspecified atom stereocenters. The average Bonchev–Trinajstić information content (AvgIpc) is 2.82. The summed E-state index contributed by atoms with van der Waals surface area (Å²) in [6, 6.07) is 5.31. The van der Waals surface area contributed by atoms with Crippen molar-refractivity contribution in [3.63, 3.8) is 0 Å². The van der Waals surface area contributed by atoms with Gasteiger partial charge in [0.1, 0.15) is 5.69 Å². The maximum absolute atomic E-state index is 11.8. The van der Waals surface area contributed by atoms with E-state index >= 15 is 0 Å². The number of hydrogen-bond donors (Lipinski definition) is 2. The van der Waals surface area contributed by atoms with E-state index in [-0.39, 0.29) is 5.91 Å². The zero-order valence-corrected chi connectivity index (χ0v) is 10.1. The summed E-state index contributed by atoms with van der Waals surface area (Å²) in [7, 11) is 1.83. The lowest BCUT2D eigenvalue weighted by molar-refractivity contribution is 0.0945. The Bertz CT molecular complexity index is 532. The van der Waals surface area contributed by atoms with E-state index in [0.29, 0.717) is 18.8 Å². The molecule has 18 heavy (non-hydrogen) atoms. The van der Waals surface area contributed by atoms with Crippen molar-refractivity contribution < 1.29 is 4.79 Å². The maximum Gasteiger partial charge on any atom is 0.270 e. The van der Waals surface area contributed by atoms with E-state index in [1.807, 2.05) is 19.3 Å². The highest BCUT2D eigenvalue weighted by atomic mass is 16.1. The minimum atomic E-state index is -0.218. The highest BCUT2D eigenvalue weighted by Crippen LogP contribution is 2.00. The number of amides is 1. The summed E-state index contributed by atoms with van der Waals surface area (Å²) in [6.07, 6.45) is 3.44. The molecule has 0 aliphatic carbocycles. The van der Waals surface area contributed by atoms with Crippen LogP contribution in [0.5, 0.6) is 0 Å². The SMILES string of the molecule is Cn1ccc(CNC(=O)c2ccc(CN)cn2)n1. The highest BCUT2D eigenvalue weighted by Gasteiger charge is 2.07. The van der Waals surface area contributed by atoms with Crippen LogP contribution in [0.25, 0.3) is 0 Å². The predicted molar refractivity (Wildman–Crippen MR) is 66.5 cm³/mol. The van der Waals surface area contributed by atoms with Gasteiger partial charge in [-0.15, -0.1) is 0 Å². The second kappa shape index (κ2) is 5.42. The molecule has 94 valence electrons. The summed E-state index contributed by atoms with van der Waals surface area (Å²) >= 11 is 0. The van der Waals surface area contributed by atoms with Gasteiger partial charge in [0.15, 0.2) is 0 Å². The zero-order valence-electron chi connectivity index (χ0n) is 10.1. The van der Waals surface area contributed by atoms with E-state index in [1.165, 1.54) is 0 Å². The fourth-order valence-corrected chi connectivity index (χ4v) is 1.50. The first-order chi connectivity index (χ1) is 8.69. The van der Waals surface area contributed by atoms with Crippen molar-refractivity contribution >= 4 is 5.91 Å². The molecule has 2 rings (SSSR count). The van der Waals surface area contributed by atoms with Crippen LogP contribution in [0.1, 0.15) is 21.7 Å². The van der Waals surface area contributed by atoms with E-state index in [0.717, 1.165) is 11.3 Å². The molecular weight excluding hydrogens is 230 g/mol. The number of pyridine rings is 1. The molecule has 0 radical (unpaired) electrons. The van der Waals surface area contributed by atoms with E-state index in [9.17, 15) is 4.79 Å². The fourth-order valence-electron chi connectivity index (χ4n) is 1.50. The molecule has 0 aliphatic heterocycles. The minimum absolute atomic E-state index is 0.218. The van der Waals surface area contributed by atoms with Crippen LogP contribution in [0.4, 0.5) is 0 Å². The Morgan fingerprint density at radius 2 is 2.28 bits per heavy atom. The van der Waals surface area contributed by atoms with Crippen molar-refractivity contribution in [2.24, 2.45) is 12.8 Å². The van der Waals surface area contributed by atoms with Gasteiger partial charge in [-0.3, -0.25) is 14.5 Å². The van der Waals surface area contributed by atoms with Gasteiger partial charge in [0.2, 0.25) is 0 Å². The molecule has 2 aromatic rings. The van der Waals surface area contributed by atoms with Gasteiger partial charge in [0, 0.05) is 26.0 Å². The molecule has 3 N–H and O–H groups in total. The number of aryl methyl sites for hydroxylation is 1. The normalized spacial score (nSPS) is 10.3. The largest absolute Gasteiger partial charge is 0.345 e. The van der Waals surface area contributed by atoms with Gasteiger partial charge >= 0.3 is 0 Å². The molecule has 0 spiro atoms. The quantitative estimate of drug-likeness (QED) is 0.806. The molecule has 6 nitrogen and oxygen atoms in total. The number of nitrogens with two attached hydrogens (primary N) is 1. The molecular formula is C12H15N5O.